The second-order valence-electron chi connectivity index (χ2n) is 7.38. The molecule has 0 fully saturated rings. The van der Waals surface area contributed by atoms with Gasteiger partial charge in [-0.05, 0) is 75.9 Å². The summed E-state index contributed by atoms with van der Waals surface area (Å²) in [5.41, 5.74) is 2.46. The Morgan fingerprint density at radius 3 is 2.38 bits per heavy atom. The predicted octanol–water partition coefficient (Wildman–Crippen LogP) is 3.61. The fourth-order valence-electron chi connectivity index (χ4n) is 2.96. The van der Waals surface area contributed by atoms with Crippen molar-refractivity contribution in [2.24, 2.45) is 0 Å². The van der Waals surface area contributed by atoms with E-state index in [0.717, 1.165) is 35.0 Å². The van der Waals surface area contributed by atoms with Gasteiger partial charge < -0.3 is 4.90 Å². The van der Waals surface area contributed by atoms with Gasteiger partial charge in [0.1, 0.15) is 0 Å². The molecule has 0 radical (unpaired) electrons. The van der Waals surface area contributed by atoms with E-state index in [1.54, 1.807) is 17.0 Å². The Morgan fingerprint density at radius 1 is 1.07 bits per heavy atom. The van der Waals surface area contributed by atoms with Gasteiger partial charge in [-0.15, -0.1) is 0 Å². The highest BCUT2D eigenvalue weighted by molar-refractivity contribution is 7.90. The van der Waals surface area contributed by atoms with Crippen molar-refractivity contribution in [1.82, 2.24) is 9.88 Å². The van der Waals surface area contributed by atoms with Gasteiger partial charge in [-0.25, -0.2) is 13.4 Å². The number of carbonyl (C=O) groups excluding carboxylic acids is 1. The van der Waals surface area contributed by atoms with E-state index in [1.807, 2.05) is 33.2 Å². The number of benzene rings is 2. The molecule has 29 heavy (non-hydrogen) atoms. The molecule has 0 bridgehead atoms. The predicted molar refractivity (Wildman–Crippen MR) is 119 cm³/mol. The quantitative estimate of drug-likeness (QED) is 0.572. The first kappa shape index (κ1) is 21.4. The molecule has 154 valence electrons. The summed E-state index contributed by atoms with van der Waals surface area (Å²) in [7, 11) is 0.690. The van der Waals surface area contributed by atoms with Crippen molar-refractivity contribution >= 4 is 42.4 Å². The highest BCUT2D eigenvalue weighted by Crippen LogP contribution is 2.30. The Balaban J connectivity index is 1.94. The SMILES string of the molecule is Cc1ccc2nc(N(CCCN(C)C)C(=O)c3ccc(S(C)(=O)=O)cc3)sc2c1. The van der Waals surface area contributed by atoms with Crippen molar-refractivity contribution < 1.29 is 13.2 Å². The van der Waals surface area contributed by atoms with Gasteiger partial charge in [0.2, 0.25) is 0 Å². The van der Waals surface area contributed by atoms with Crippen molar-refractivity contribution in [3.8, 4) is 0 Å². The zero-order valence-corrected chi connectivity index (χ0v) is 18.7. The van der Waals surface area contributed by atoms with Crippen LogP contribution in [-0.2, 0) is 9.84 Å². The monoisotopic (exact) mass is 431 g/mol. The second kappa shape index (κ2) is 8.61. The number of aromatic nitrogens is 1. The molecule has 1 heterocycles. The Kier molecular flexibility index (Phi) is 6.36. The molecule has 0 aliphatic heterocycles. The zero-order chi connectivity index (χ0) is 21.2. The van der Waals surface area contributed by atoms with E-state index in [-0.39, 0.29) is 10.8 Å². The molecule has 0 unspecified atom stereocenters. The van der Waals surface area contributed by atoms with Crippen LogP contribution in [0.1, 0.15) is 22.3 Å². The molecule has 6 nitrogen and oxygen atoms in total. The molecular weight excluding hydrogens is 406 g/mol. The minimum atomic E-state index is -3.30. The summed E-state index contributed by atoms with van der Waals surface area (Å²) in [6.07, 6.45) is 1.95. The number of hydrogen-bond donors (Lipinski definition) is 0. The normalized spacial score (nSPS) is 11.9. The lowest BCUT2D eigenvalue weighted by molar-refractivity contribution is 0.0986. The molecule has 2 aromatic carbocycles. The van der Waals surface area contributed by atoms with Crippen LogP contribution in [0.15, 0.2) is 47.4 Å². The lowest BCUT2D eigenvalue weighted by Crippen LogP contribution is -2.33. The van der Waals surface area contributed by atoms with Crippen LogP contribution in [0.2, 0.25) is 0 Å². The number of amides is 1. The van der Waals surface area contributed by atoms with Crippen LogP contribution in [0.4, 0.5) is 5.13 Å². The molecule has 3 aromatic rings. The average molecular weight is 432 g/mol. The molecule has 0 saturated heterocycles. The van der Waals surface area contributed by atoms with Crippen molar-refractivity contribution in [3.63, 3.8) is 0 Å². The van der Waals surface area contributed by atoms with E-state index < -0.39 is 9.84 Å². The van der Waals surface area contributed by atoms with Gasteiger partial charge in [-0.1, -0.05) is 17.4 Å². The lowest BCUT2D eigenvalue weighted by Gasteiger charge is -2.21. The van der Waals surface area contributed by atoms with Crippen molar-refractivity contribution in [1.29, 1.82) is 0 Å². The number of anilines is 1. The van der Waals surface area contributed by atoms with Gasteiger partial charge in [0.25, 0.3) is 5.91 Å². The van der Waals surface area contributed by atoms with Gasteiger partial charge in [-0.2, -0.15) is 0 Å². The molecule has 3 rings (SSSR count). The minimum Gasteiger partial charge on any atom is -0.309 e. The standard InChI is InChI=1S/C21H25N3O3S2/c1-15-6-11-18-19(14-15)28-21(22-18)24(13-5-12-23(2)3)20(25)16-7-9-17(10-8-16)29(4,26)27/h6-11,14H,5,12-13H2,1-4H3. The van der Waals surface area contributed by atoms with Crippen LogP contribution in [-0.4, -0.2) is 57.6 Å². The molecule has 1 aromatic heterocycles. The summed E-state index contributed by atoms with van der Waals surface area (Å²) in [4.78, 5) is 21.9. The molecule has 0 aliphatic carbocycles. The van der Waals surface area contributed by atoms with Gasteiger partial charge >= 0.3 is 0 Å². The molecule has 0 spiro atoms. The van der Waals surface area contributed by atoms with Gasteiger partial charge in [0, 0.05) is 18.4 Å². The van der Waals surface area contributed by atoms with Gasteiger partial charge in [-0.3, -0.25) is 9.69 Å². The number of sulfone groups is 1. The van der Waals surface area contributed by atoms with Crippen LogP contribution in [0.25, 0.3) is 10.2 Å². The molecule has 0 aliphatic rings. The van der Waals surface area contributed by atoms with Gasteiger partial charge in [0.05, 0.1) is 15.1 Å². The smallest absolute Gasteiger partial charge is 0.260 e. The largest absolute Gasteiger partial charge is 0.309 e. The van der Waals surface area contributed by atoms with E-state index in [0.29, 0.717) is 17.2 Å². The van der Waals surface area contributed by atoms with Crippen LogP contribution >= 0.6 is 11.3 Å². The van der Waals surface area contributed by atoms with Crippen molar-refractivity contribution in [2.45, 2.75) is 18.2 Å². The van der Waals surface area contributed by atoms with E-state index in [2.05, 4.69) is 16.0 Å². The second-order valence-corrected chi connectivity index (χ2v) is 10.4. The van der Waals surface area contributed by atoms with E-state index in [1.165, 1.54) is 23.5 Å². The first-order valence-electron chi connectivity index (χ1n) is 9.29. The van der Waals surface area contributed by atoms with E-state index >= 15 is 0 Å². The Labute approximate surface area is 175 Å². The molecule has 1 amide bonds. The highest BCUT2D eigenvalue weighted by atomic mass is 32.2. The summed E-state index contributed by atoms with van der Waals surface area (Å²) >= 11 is 1.49. The number of carbonyl (C=O) groups is 1. The summed E-state index contributed by atoms with van der Waals surface area (Å²) in [5, 5.41) is 0.654. The summed E-state index contributed by atoms with van der Waals surface area (Å²) in [6, 6.07) is 12.1. The van der Waals surface area contributed by atoms with Crippen molar-refractivity contribution in [3.05, 3.63) is 53.6 Å². The summed E-state index contributed by atoms with van der Waals surface area (Å²) in [6.45, 7) is 3.41. The topological polar surface area (TPSA) is 70.6 Å². The lowest BCUT2D eigenvalue weighted by atomic mass is 10.2. The number of aryl methyl sites for hydroxylation is 1. The Bertz CT molecular complexity index is 1120. The van der Waals surface area contributed by atoms with Crippen LogP contribution < -0.4 is 4.90 Å². The van der Waals surface area contributed by atoms with E-state index in [4.69, 9.17) is 0 Å². The van der Waals surface area contributed by atoms with Gasteiger partial charge in [0.15, 0.2) is 15.0 Å². The summed E-state index contributed by atoms with van der Waals surface area (Å²) in [5.74, 6) is -0.181. The third kappa shape index (κ3) is 5.20. The van der Waals surface area contributed by atoms with Crippen LogP contribution in [0.5, 0.6) is 0 Å². The number of thiazole rings is 1. The van der Waals surface area contributed by atoms with E-state index in [9.17, 15) is 13.2 Å². The first-order valence-corrected chi connectivity index (χ1v) is 12.0. The highest BCUT2D eigenvalue weighted by Gasteiger charge is 2.21. The summed E-state index contributed by atoms with van der Waals surface area (Å²) < 4.78 is 24.4. The van der Waals surface area contributed by atoms with Crippen molar-refractivity contribution in [2.75, 3.05) is 38.3 Å². The van der Waals surface area contributed by atoms with Crippen LogP contribution in [0.3, 0.4) is 0 Å². The fraction of sp³-hybridized carbons (Fsp3) is 0.333. The number of fused-ring (bicyclic) bond motifs is 1. The Morgan fingerprint density at radius 2 is 1.76 bits per heavy atom. The number of rotatable bonds is 7. The maximum absolute atomic E-state index is 13.3. The number of nitrogens with zero attached hydrogens (tertiary/aromatic N) is 3. The maximum atomic E-state index is 13.3. The molecule has 0 saturated carbocycles. The van der Waals surface area contributed by atoms with Crippen LogP contribution in [0, 0.1) is 6.92 Å². The first-order chi connectivity index (χ1) is 13.6. The molecule has 8 heteroatoms. The fourth-order valence-corrected chi connectivity index (χ4v) is 4.68. The third-order valence-electron chi connectivity index (χ3n) is 4.53. The number of hydrogen-bond acceptors (Lipinski definition) is 6. The molecule has 0 atom stereocenters. The minimum absolute atomic E-state index is 0.181. The maximum Gasteiger partial charge on any atom is 0.260 e. The average Bonchev–Trinajstić information content (AvgIpc) is 3.06. The molecule has 0 N–H and O–H groups in total. The molecular formula is C21H25N3O3S2. The Hall–Kier alpha value is -2.29. The zero-order valence-electron chi connectivity index (χ0n) is 17.0. The third-order valence-corrected chi connectivity index (χ3v) is 6.69.